The minimum absolute atomic E-state index is 0.357. The van der Waals surface area contributed by atoms with Crippen molar-refractivity contribution in [1.29, 1.82) is 0 Å². The number of nitrogens with zero attached hydrogens (tertiary/aromatic N) is 1. The largest absolute Gasteiger partial charge is 0.395 e. The van der Waals surface area contributed by atoms with Gasteiger partial charge in [0.1, 0.15) is 0 Å². The Bertz CT molecular complexity index is 161. The van der Waals surface area contributed by atoms with E-state index < -0.39 is 0 Å². The van der Waals surface area contributed by atoms with E-state index in [1.54, 1.807) is 0 Å². The molecule has 0 aromatic carbocycles. The van der Waals surface area contributed by atoms with Crippen molar-refractivity contribution in [3.63, 3.8) is 0 Å². The van der Waals surface area contributed by atoms with Crippen LogP contribution in [0.2, 0.25) is 0 Å². The number of hydrogen-bond acceptors (Lipinski definition) is 2. The second kappa shape index (κ2) is 9.00. The molecule has 2 nitrogen and oxygen atoms in total. The molecule has 0 spiro atoms. The lowest BCUT2D eigenvalue weighted by molar-refractivity contribution is 0.0886. The fourth-order valence-corrected chi connectivity index (χ4v) is 2.66. The zero-order valence-corrected chi connectivity index (χ0v) is 11.0. The van der Waals surface area contributed by atoms with Crippen molar-refractivity contribution in [2.24, 2.45) is 0 Å². The molecule has 0 aromatic heterocycles. The maximum Gasteiger partial charge on any atom is 0.0586 e. The number of hydrogen-bond donors (Lipinski definition) is 1. The third kappa shape index (κ3) is 5.31. The Morgan fingerprint density at radius 1 is 1.06 bits per heavy atom. The summed E-state index contributed by atoms with van der Waals surface area (Å²) in [4.78, 5) is 2.50. The number of aliphatic hydroxyl groups is 1. The lowest BCUT2D eigenvalue weighted by Crippen LogP contribution is -2.42. The molecule has 1 saturated heterocycles. The van der Waals surface area contributed by atoms with Crippen LogP contribution in [0.25, 0.3) is 0 Å². The molecular formula is C14H29NO. The average molecular weight is 227 g/mol. The van der Waals surface area contributed by atoms with E-state index in [9.17, 15) is 5.11 Å². The molecule has 1 atom stereocenters. The Hall–Kier alpha value is -0.0800. The molecule has 1 unspecified atom stereocenters. The molecule has 16 heavy (non-hydrogen) atoms. The Balaban J connectivity index is 2.02. The lowest BCUT2D eigenvalue weighted by atomic mass is 10.0. The molecule has 0 radical (unpaired) electrons. The van der Waals surface area contributed by atoms with E-state index in [0.717, 1.165) is 0 Å². The summed E-state index contributed by atoms with van der Waals surface area (Å²) in [5.74, 6) is 0. The summed E-state index contributed by atoms with van der Waals surface area (Å²) in [5.41, 5.74) is 0. The molecule has 1 fully saturated rings. The zero-order valence-electron chi connectivity index (χ0n) is 11.0. The minimum atomic E-state index is 0.357. The van der Waals surface area contributed by atoms with Crippen LogP contribution in [0.1, 0.15) is 64.7 Å². The van der Waals surface area contributed by atoms with Gasteiger partial charge in [0.15, 0.2) is 0 Å². The van der Waals surface area contributed by atoms with Crippen molar-refractivity contribution >= 4 is 0 Å². The quantitative estimate of drug-likeness (QED) is 0.644. The van der Waals surface area contributed by atoms with E-state index in [1.807, 2.05) is 0 Å². The van der Waals surface area contributed by atoms with Crippen LogP contribution in [-0.4, -0.2) is 35.7 Å². The first-order valence-electron chi connectivity index (χ1n) is 7.23. The van der Waals surface area contributed by atoms with Crippen LogP contribution in [-0.2, 0) is 0 Å². The summed E-state index contributed by atoms with van der Waals surface area (Å²) >= 11 is 0. The number of unbranched alkanes of at least 4 members (excludes halogenated alkanes) is 5. The molecule has 1 N–H and O–H groups in total. The second-order valence-corrected chi connectivity index (χ2v) is 5.14. The Labute approximate surface area is 101 Å². The predicted molar refractivity (Wildman–Crippen MR) is 69.7 cm³/mol. The fraction of sp³-hybridized carbons (Fsp3) is 1.00. The molecule has 1 aliphatic heterocycles. The molecule has 1 heterocycles. The van der Waals surface area contributed by atoms with E-state index in [-0.39, 0.29) is 0 Å². The molecule has 0 aromatic rings. The van der Waals surface area contributed by atoms with Crippen LogP contribution in [0.3, 0.4) is 0 Å². The van der Waals surface area contributed by atoms with Gasteiger partial charge in [-0.25, -0.2) is 0 Å². The predicted octanol–water partition coefficient (Wildman–Crippen LogP) is 3.19. The normalized spacial score (nSPS) is 22.5. The van der Waals surface area contributed by atoms with Gasteiger partial charge in [0, 0.05) is 6.04 Å². The van der Waals surface area contributed by atoms with Crippen molar-refractivity contribution < 1.29 is 5.11 Å². The van der Waals surface area contributed by atoms with E-state index >= 15 is 0 Å². The van der Waals surface area contributed by atoms with Crippen molar-refractivity contribution in [3.8, 4) is 0 Å². The molecular weight excluding hydrogens is 198 g/mol. The number of likely N-dealkylation sites (tertiary alicyclic amines) is 1. The van der Waals surface area contributed by atoms with Crippen LogP contribution in [0.4, 0.5) is 0 Å². The van der Waals surface area contributed by atoms with Crippen LogP contribution >= 0.6 is 0 Å². The molecule has 1 rings (SSSR count). The SMILES string of the molecule is CCCCCCCCN1CCCCC1CO. The Morgan fingerprint density at radius 2 is 1.81 bits per heavy atom. The topological polar surface area (TPSA) is 23.5 Å². The van der Waals surface area contributed by atoms with Crippen LogP contribution in [0.15, 0.2) is 0 Å². The average Bonchev–Trinajstić information content (AvgIpc) is 2.34. The number of piperidine rings is 1. The van der Waals surface area contributed by atoms with Gasteiger partial charge >= 0.3 is 0 Å². The van der Waals surface area contributed by atoms with Gasteiger partial charge in [0.05, 0.1) is 6.61 Å². The lowest BCUT2D eigenvalue weighted by Gasteiger charge is -2.34. The van der Waals surface area contributed by atoms with Crippen molar-refractivity contribution in [2.45, 2.75) is 70.8 Å². The van der Waals surface area contributed by atoms with E-state index in [0.29, 0.717) is 12.6 Å². The summed E-state index contributed by atoms with van der Waals surface area (Å²) in [6.45, 7) is 5.03. The maximum absolute atomic E-state index is 9.29. The smallest absolute Gasteiger partial charge is 0.0586 e. The van der Waals surface area contributed by atoms with Crippen molar-refractivity contribution in [2.75, 3.05) is 19.7 Å². The van der Waals surface area contributed by atoms with Crippen LogP contribution < -0.4 is 0 Å². The van der Waals surface area contributed by atoms with Gasteiger partial charge in [-0.05, 0) is 32.4 Å². The zero-order chi connectivity index (χ0) is 11.6. The number of aliphatic hydroxyl groups excluding tert-OH is 1. The Kier molecular flexibility index (Phi) is 7.87. The van der Waals surface area contributed by atoms with E-state index in [2.05, 4.69) is 11.8 Å². The summed E-state index contributed by atoms with van der Waals surface area (Å²) in [6, 6.07) is 0.462. The van der Waals surface area contributed by atoms with Gasteiger partial charge in [0.25, 0.3) is 0 Å². The summed E-state index contributed by atoms with van der Waals surface area (Å²) in [5, 5.41) is 9.29. The first-order valence-corrected chi connectivity index (χ1v) is 7.23. The molecule has 2 heteroatoms. The maximum atomic E-state index is 9.29. The van der Waals surface area contributed by atoms with Crippen molar-refractivity contribution in [1.82, 2.24) is 4.90 Å². The molecule has 0 saturated carbocycles. The van der Waals surface area contributed by atoms with E-state index in [1.165, 1.54) is 70.9 Å². The van der Waals surface area contributed by atoms with Gasteiger partial charge in [-0.1, -0.05) is 45.4 Å². The van der Waals surface area contributed by atoms with Gasteiger partial charge in [-0.3, -0.25) is 4.90 Å². The first kappa shape index (κ1) is 14.0. The third-order valence-electron chi connectivity index (χ3n) is 3.76. The highest BCUT2D eigenvalue weighted by Gasteiger charge is 2.20. The molecule has 0 bridgehead atoms. The van der Waals surface area contributed by atoms with Gasteiger partial charge in [0.2, 0.25) is 0 Å². The second-order valence-electron chi connectivity index (χ2n) is 5.14. The highest BCUT2D eigenvalue weighted by atomic mass is 16.3. The summed E-state index contributed by atoms with van der Waals surface area (Å²) in [6.07, 6.45) is 12.0. The summed E-state index contributed by atoms with van der Waals surface area (Å²) < 4.78 is 0. The first-order chi connectivity index (χ1) is 7.88. The molecule has 96 valence electrons. The summed E-state index contributed by atoms with van der Waals surface area (Å²) in [7, 11) is 0. The van der Waals surface area contributed by atoms with Crippen molar-refractivity contribution in [3.05, 3.63) is 0 Å². The highest BCUT2D eigenvalue weighted by molar-refractivity contribution is 4.75. The van der Waals surface area contributed by atoms with Gasteiger partial charge in [-0.15, -0.1) is 0 Å². The van der Waals surface area contributed by atoms with E-state index in [4.69, 9.17) is 0 Å². The fourth-order valence-electron chi connectivity index (χ4n) is 2.66. The monoisotopic (exact) mass is 227 g/mol. The Morgan fingerprint density at radius 3 is 2.56 bits per heavy atom. The number of rotatable bonds is 8. The van der Waals surface area contributed by atoms with Gasteiger partial charge < -0.3 is 5.11 Å². The third-order valence-corrected chi connectivity index (χ3v) is 3.76. The molecule has 0 aliphatic carbocycles. The highest BCUT2D eigenvalue weighted by Crippen LogP contribution is 2.17. The van der Waals surface area contributed by atoms with Crippen LogP contribution in [0.5, 0.6) is 0 Å². The van der Waals surface area contributed by atoms with Gasteiger partial charge in [-0.2, -0.15) is 0 Å². The molecule has 1 aliphatic rings. The standard InChI is InChI=1S/C14H29NO/c1-2-3-4-5-6-8-11-15-12-9-7-10-14(15)13-16/h14,16H,2-13H2,1H3. The minimum Gasteiger partial charge on any atom is -0.395 e. The molecule has 0 amide bonds. The van der Waals surface area contributed by atoms with Crippen LogP contribution in [0, 0.1) is 0 Å².